The van der Waals surface area contributed by atoms with E-state index in [1.165, 1.54) is 5.56 Å². The molecule has 0 radical (unpaired) electrons. The maximum Gasteiger partial charge on any atom is 0.100 e. The highest BCUT2D eigenvalue weighted by molar-refractivity contribution is 5.77. The Bertz CT molecular complexity index is 683. The van der Waals surface area contributed by atoms with E-state index in [1.54, 1.807) is 0 Å². The molecule has 0 bridgehead atoms. The smallest absolute Gasteiger partial charge is 0.100 e. The minimum atomic E-state index is 0.369. The van der Waals surface area contributed by atoms with E-state index >= 15 is 0 Å². The van der Waals surface area contributed by atoms with Gasteiger partial charge in [-0.3, -0.25) is 4.57 Å². The summed E-state index contributed by atoms with van der Waals surface area (Å²) >= 11 is 0. The molecule has 0 saturated carbocycles. The number of imidazole rings is 1. The van der Waals surface area contributed by atoms with Gasteiger partial charge in [-0.05, 0) is 43.8 Å². The second-order valence-electron chi connectivity index (χ2n) is 4.71. The average molecular weight is 251 g/mol. The van der Waals surface area contributed by atoms with Gasteiger partial charge in [-0.1, -0.05) is 24.3 Å². The largest absolute Gasteiger partial charge is 0.313 e. The highest BCUT2D eigenvalue weighted by Crippen LogP contribution is 2.20. The van der Waals surface area contributed by atoms with Crippen LogP contribution in [0.1, 0.15) is 18.5 Å². The van der Waals surface area contributed by atoms with E-state index in [-0.39, 0.29) is 0 Å². The number of aromatic nitrogens is 2. The van der Waals surface area contributed by atoms with Crippen LogP contribution in [-0.4, -0.2) is 16.6 Å². The first kappa shape index (κ1) is 11.9. The third-order valence-electron chi connectivity index (χ3n) is 3.56. The van der Waals surface area contributed by atoms with Crippen molar-refractivity contribution in [3.8, 4) is 5.69 Å². The summed E-state index contributed by atoms with van der Waals surface area (Å²) in [5, 5.41) is 3.25. The molecule has 0 aliphatic heterocycles. The van der Waals surface area contributed by atoms with Gasteiger partial charge in [-0.2, -0.15) is 0 Å². The van der Waals surface area contributed by atoms with Crippen LogP contribution in [0, 0.1) is 0 Å². The third kappa shape index (κ3) is 2.13. The Morgan fingerprint density at radius 3 is 2.53 bits per heavy atom. The van der Waals surface area contributed by atoms with Crippen molar-refractivity contribution in [1.82, 2.24) is 14.9 Å². The average Bonchev–Trinajstić information content (AvgIpc) is 2.90. The zero-order valence-electron chi connectivity index (χ0n) is 11.2. The van der Waals surface area contributed by atoms with E-state index in [0.29, 0.717) is 6.04 Å². The molecule has 3 nitrogen and oxygen atoms in total. The second-order valence-corrected chi connectivity index (χ2v) is 4.71. The summed E-state index contributed by atoms with van der Waals surface area (Å²) in [5.41, 5.74) is 4.59. The molecule has 0 fully saturated rings. The third-order valence-corrected chi connectivity index (χ3v) is 3.56. The zero-order valence-corrected chi connectivity index (χ0v) is 11.2. The molecule has 0 aliphatic carbocycles. The summed E-state index contributed by atoms with van der Waals surface area (Å²) < 4.78 is 2.11. The topological polar surface area (TPSA) is 29.9 Å². The number of benzene rings is 2. The van der Waals surface area contributed by atoms with Crippen molar-refractivity contribution < 1.29 is 0 Å². The lowest BCUT2D eigenvalue weighted by Gasteiger charge is -2.11. The van der Waals surface area contributed by atoms with Gasteiger partial charge in [0.05, 0.1) is 11.0 Å². The standard InChI is InChI=1S/C16H17N3/c1-12(17-2)13-7-9-14(10-8-13)19-11-18-15-5-3-4-6-16(15)19/h3-12,17H,1-2H3. The molecule has 96 valence electrons. The van der Waals surface area contributed by atoms with E-state index in [1.807, 2.05) is 31.6 Å². The maximum atomic E-state index is 4.42. The summed E-state index contributed by atoms with van der Waals surface area (Å²) in [4.78, 5) is 4.42. The van der Waals surface area contributed by atoms with E-state index in [0.717, 1.165) is 16.7 Å². The molecule has 0 amide bonds. The molecule has 3 aromatic rings. The molecule has 1 atom stereocenters. The first-order chi connectivity index (χ1) is 9.29. The number of hydrogen-bond acceptors (Lipinski definition) is 2. The number of hydrogen-bond donors (Lipinski definition) is 1. The molecule has 19 heavy (non-hydrogen) atoms. The van der Waals surface area contributed by atoms with Crippen molar-refractivity contribution in [3.63, 3.8) is 0 Å². The number of rotatable bonds is 3. The number of nitrogens with zero attached hydrogens (tertiary/aromatic N) is 2. The van der Waals surface area contributed by atoms with E-state index in [9.17, 15) is 0 Å². The summed E-state index contributed by atoms with van der Waals surface area (Å²) in [6.07, 6.45) is 1.88. The predicted octanol–water partition coefficient (Wildman–Crippen LogP) is 3.31. The summed E-state index contributed by atoms with van der Waals surface area (Å²) in [6.45, 7) is 2.15. The van der Waals surface area contributed by atoms with Gasteiger partial charge < -0.3 is 5.32 Å². The Kier molecular flexibility index (Phi) is 3.05. The molecule has 0 saturated heterocycles. The van der Waals surface area contributed by atoms with Gasteiger partial charge in [0.1, 0.15) is 6.33 Å². The van der Waals surface area contributed by atoms with E-state index in [2.05, 4.69) is 52.1 Å². The molecule has 3 rings (SSSR count). The lowest BCUT2D eigenvalue weighted by Crippen LogP contribution is -2.12. The highest BCUT2D eigenvalue weighted by Gasteiger charge is 2.05. The fourth-order valence-corrected chi connectivity index (χ4v) is 2.26. The Labute approximate surface area is 112 Å². The van der Waals surface area contributed by atoms with Gasteiger partial charge in [0.25, 0.3) is 0 Å². The predicted molar refractivity (Wildman–Crippen MR) is 78.5 cm³/mol. The van der Waals surface area contributed by atoms with Crippen LogP contribution in [0.15, 0.2) is 54.9 Å². The van der Waals surface area contributed by atoms with Crippen LogP contribution in [-0.2, 0) is 0 Å². The van der Waals surface area contributed by atoms with Crippen molar-refractivity contribution in [2.45, 2.75) is 13.0 Å². The Hall–Kier alpha value is -2.13. The molecule has 1 aromatic heterocycles. The van der Waals surface area contributed by atoms with E-state index < -0.39 is 0 Å². The minimum Gasteiger partial charge on any atom is -0.313 e. The molecular weight excluding hydrogens is 234 g/mol. The Balaban J connectivity index is 2.02. The minimum absolute atomic E-state index is 0.369. The second kappa shape index (κ2) is 4.86. The SMILES string of the molecule is CNC(C)c1ccc(-n2cnc3ccccc32)cc1. The monoisotopic (exact) mass is 251 g/mol. The van der Waals surface area contributed by atoms with Crippen molar-refractivity contribution in [1.29, 1.82) is 0 Å². The summed E-state index contributed by atoms with van der Waals surface area (Å²) in [7, 11) is 1.97. The molecule has 0 aliphatic rings. The number of fused-ring (bicyclic) bond motifs is 1. The van der Waals surface area contributed by atoms with Crippen molar-refractivity contribution in [3.05, 3.63) is 60.4 Å². The molecule has 1 heterocycles. The van der Waals surface area contributed by atoms with Crippen molar-refractivity contribution in [2.24, 2.45) is 0 Å². The molecule has 3 heteroatoms. The Morgan fingerprint density at radius 1 is 1.05 bits per heavy atom. The zero-order chi connectivity index (χ0) is 13.2. The normalized spacial score (nSPS) is 12.7. The quantitative estimate of drug-likeness (QED) is 0.774. The van der Waals surface area contributed by atoms with E-state index in [4.69, 9.17) is 0 Å². The van der Waals surface area contributed by atoms with Crippen LogP contribution in [0.25, 0.3) is 16.7 Å². The van der Waals surface area contributed by atoms with Crippen LogP contribution in [0.5, 0.6) is 0 Å². The lowest BCUT2D eigenvalue weighted by atomic mass is 10.1. The van der Waals surface area contributed by atoms with Gasteiger partial charge in [0, 0.05) is 11.7 Å². The summed E-state index contributed by atoms with van der Waals surface area (Å²) in [6, 6.07) is 17.1. The van der Waals surface area contributed by atoms with Crippen LogP contribution in [0.4, 0.5) is 0 Å². The van der Waals surface area contributed by atoms with Crippen LogP contribution < -0.4 is 5.32 Å². The maximum absolute atomic E-state index is 4.42. The van der Waals surface area contributed by atoms with Gasteiger partial charge in [0.2, 0.25) is 0 Å². The molecular formula is C16H17N3. The fourth-order valence-electron chi connectivity index (χ4n) is 2.26. The van der Waals surface area contributed by atoms with Crippen molar-refractivity contribution in [2.75, 3.05) is 7.05 Å². The van der Waals surface area contributed by atoms with Crippen LogP contribution in [0.2, 0.25) is 0 Å². The molecule has 0 spiro atoms. The van der Waals surface area contributed by atoms with Gasteiger partial charge >= 0.3 is 0 Å². The van der Waals surface area contributed by atoms with Gasteiger partial charge in [-0.25, -0.2) is 4.98 Å². The number of nitrogens with one attached hydrogen (secondary N) is 1. The van der Waals surface area contributed by atoms with Gasteiger partial charge in [0.15, 0.2) is 0 Å². The Morgan fingerprint density at radius 2 is 1.79 bits per heavy atom. The molecule has 1 unspecified atom stereocenters. The fraction of sp³-hybridized carbons (Fsp3) is 0.188. The highest BCUT2D eigenvalue weighted by atomic mass is 15.0. The first-order valence-electron chi connectivity index (χ1n) is 6.49. The van der Waals surface area contributed by atoms with Crippen molar-refractivity contribution >= 4 is 11.0 Å². The van der Waals surface area contributed by atoms with Crippen LogP contribution >= 0.6 is 0 Å². The summed E-state index contributed by atoms with van der Waals surface area (Å²) in [5.74, 6) is 0. The first-order valence-corrected chi connectivity index (χ1v) is 6.49. The molecule has 1 N–H and O–H groups in total. The lowest BCUT2D eigenvalue weighted by molar-refractivity contribution is 0.652. The van der Waals surface area contributed by atoms with Gasteiger partial charge in [-0.15, -0.1) is 0 Å². The van der Waals surface area contributed by atoms with Crippen LogP contribution in [0.3, 0.4) is 0 Å². The molecule has 2 aromatic carbocycles. The number of para-hydroxylation sites is 2.